The van der Waals surface area contributed by atoms with Gasteiger partial charge < -0.3 is 15.4 Å². The summed E-state index contributed by atoms with van der Waals surface area (Å²) < 4.78 is 5.21. The smallest absolute Gasteiger partial charge is 0.231 e. The number of nitrogens with one attached hydrogen (secondary N) is 2. The molecule has 1 aromatic heterocycles. The van der Waals surface area contributed by atoms with Gasteiger partial charge in [0.2, 0.25) is 5.91 Å². The highest BCUT2D eigenvalue weighted by Gasteiger charge is 2.25. The third-order valence-corrected chi connectivity index (χ3v) is 4.15. The Kier molecular flexibility index (Phi) is 3.09. The van der Waals surface area contributed by atoms with Gasteiger partial charge in [-0.1, -0.05) is 0 Å². The van der Waals surface area contributed by atoms with E-state index in [1.165, 1.54) is 4.88 Å². The van der Waals surface area contributed by atoms with Crippen molar-refractivity contribution in [2.75, 3.05) is 25.1 Å². The van der Waals surface area contributed by atoms with E-state index in [0.29, 0.717) is 13.2 Å². The van der Waals surface area contributed by atoms with Crippen molar-refractivity contribution in [3.8, 4) is 0 Å². The minimum atomic E-state index is -0.00551. The topological polar surface area (TPSA) is 63.2 Å². The van der Waals surface area contributed by atoms with Gasteiger partial charge in [0.1, 0.15) is 0 Å². The molecule has 1 atom stereocenters. The number of rotatable bonds is 2. The Balaban J connectivity index is 1.68. The highest BCUT2D eigenvalue weighted by molar-refractivity contribution is 7.15. The quantitative estimate of drug-likeness (QED) is 0.817. The van der Waals surface area contributed by atoms with Gasteiger partial charge in [0.05, 0.1) is 18.2 Å². The van der Waals surface area contributed by atoms with Crippen molar-refractivity contribution in [1.82, 2.24) is 10.3 Å². The molecule has 1 aromatic rings. The first-order chi connectivity index (χ1) is 8.33. The molecule has 2 aliphatic rings. The van der Waals surface area contributed by atoms with E-state index in [9.17, 15) is 4.79 Å². The van der Waals surface area contributed by atoms with E-state index < -0.39 is 0 Å². The molecule has 0 aliphatic carbocycles. The van der Waals surface area contributed by atoms with Crippen molar-refractivity contribution in [3.05, 3.63) is 10.6 Å². The molecule has 2 aliphatic heterocycles. The average Bonchev–Trinajstić information content (AvgIpc) is 2.97. The summed E-state index contributed by atoms with van der Waals surface area (Å²) in [6.45, 7) is 3.07. The molecule has 3 rings (SSSR count). The van der Waals surface area contributed by atoms with Crippen molar-refractivity contribution in [2.45, 2.75) is 19.4 Å². The number of hydrogen-bond donors (Lipinski definition) is 2. The number of thiazole rings is 1. The number of ether oxygens (including phenoxy) is 1. The van der Waals surface area contributed by atoms with Gasteiger partial charge in [-0.2, -0.15) is 0 Å². The minimum absolute atomic E-state index is 0.00551. The lowest BCUT2D eigenvalue weighted by Crippen LogP contribution is -2.23. The zero-order valence-electron chi connectivity index (χ0n) is 9.49. The monoisotopic (exact) mass is 253 g/mol. The molecule has 1 saturated heterocycles. The number of hydrogen-bond acceptors (Lipinski definition) is 5. The minimum Gasteiger partial charge on any atom is -0.381 e. The second-order valence-corrected chi connectivity index (χ2v) is 5.45. The molecule has 2 N–H and O–H groups in total. The summed E-state index contributed by atoms with van der Waals surface area (Å²) in [5.74, 6) is 0.0376. The first kappa shape index (κ1) is 11.1. The van der Waals surface area contributed by atoms with Crippen LogP contribution < -0.4 is 10.6 Å². The summed E-state index contributed by atoms with van der Waals surface area (Å²) in [6.07, 6.45) is 1.77. The van der Waals surface area contributed by atoms with Gasteiger partial charge in [0.15, 0.2) is 5.13 Å². The molecule has 3 heterocycles. The molecule has 0 aromatic carbocycles. The number of aromatic nitrogens is 1. The summed E-state index contributed by atoms with van der Waals surface area (Å²) in [5.41, 5.74) is 1.13. The fraction of sp³-hybridized carbons (Fsp3) is 0.636. The molecule has 0 saturated carbocycles. The Hall–Kier alpha value is -0.980. The molecule has 6 heteroatoms. The fourth-order valence-electron chi connectivity index (χ4n) is 2.13. The normalized spacial score (nSPS) is 23.4. The molecule has 5 nitrogen and oxygen atoms in total. The molecule has 1 unspecified atom stereocenters. The van der Waals surface area contributed by atoms with E-state index in [-0.39, 0.29) is 11.8 Å². The maximum absolute atomic E-state index is 11.9. The molecule has 92 valence electrons. The van der Waals surface area contributed by atoms with Crippen LogP contribution in [0.3, 0.4) is 0 Å². The summed E-state index contributed by atoms with van der Waals surface area (Å²) in [6, 6.07) is 0. The highest BCUT2D eigenvalue weighted by Crippen LogP contribution is 2.26. The number of fused-ring (bicyclic) bond motifs is 1. The third-order valence-electron chi connectivity index (χ3n) is 3.13. The second-order valence-electron chi connectivity index (χ2n) is 4.37. The molecule has 1 amide bonds. The van der Waals surface area contributed by atoms with Crippen molar-refractivity contribution < 1.29 is 9.53 Å². The van der Waals surface area contributed by atoms with Crippen molar-refractivity contribution in [3.63, 3.8) is 0 Å². The first-order valence-electron chi connectivity index (χ1n) is 5.91. The Bertz CT molecular complexity index is 403. The lowest BCUT2D eigenvalue weighted by atomic mass is 10.1. The van der Waals surface area contributed by atoms with Crippen LogP contribution in [0.5, 0.6) is 0 Å². The molecular weight excluding hydrogens is 238 g/mol. The molecule has 17 heavy (non-hydrogen) atoms. The van der Waals surface area contributed by atoms with Gasteiger partial charge in [-0.15, -0.1) is 11.3 Å². The maximum Gasteiger partial charge on any atom is 0.231 e. The molecule has 1 fully saturated rings. The number of carbonyl (C=O) groups excluding carboxylic acids is 1. The van der Waals surface area contributed by atoms with Crippen LogP contribution in [0, 0.1) is 5.92 Å². The molecular formula is C11H15N3O2S. The lowest BCUT2D eigenvalue weighted by molar-refractivity contribution is -0.119. The predicted molar refractivity (Wildman–Crippen MR) is 65.1 cm³/mol. The van der Waals surface area contributed by atoms with Crippen LogP contribution in [0.25, 0.3) is 0 Å². The summed E-state index contributed by atoms with van der Waals surface area (Å²) >= 11 is 1.58. The van der Waals surface area contributed by atoms with Crippen LogP contribution in [-0.2, 0) is 22.5 Å². The predicted octanol–water partition coefficient (Wildman–Crippen LogP) is 0.764. The largest absolute Gasteiger partial charge is 0.381 e. The Morgan fingerprint density at radius 2 is 2.53 bits per heavy atom. The van der Waals surface area contributed by atoms with Crippen LogP contribution >= 0.6 is 11.3 Å². The van der Waals surface area contributed by atoms with Crippen LogP contribution in [0.15, 0.2) is 0 Å². The lowest BCUT2D eigenvalue weighted by Gasteiger charge is -2.09. The number of carbonyl (C=O) groups is 1. The van der Waals surface area contributed by atoms with E-state index in [0.717, 1.165) is 36.8 Å². The van der Waals surface area contributed by atoms with Gasteiger partial charge in [-0.25, -0.2) is 4.98 Å². The van der Waals surface area contributed by atoms with Crippen LogP contribution in [0.2, 0.25) is 0 Å². The average molecular weight is 253 g/mol. The van der Waals surface area contributed by atoms with E-state index in [1.807, 2.05) is 0 Å². The van der Waals surface area contributed by atoms with Gasteiger partial charge in [0.25, 0.3) is 0 Å². The van der Waals surface area contributed by atoms with E-state index in [4.69, 9.17) is 4.74 Å². The van der Waals surface area contributed by atoms with E-state index >= 15 is 0 Å². The van der Waals surface area contributed by atoms with Crippen LogP contribution in [-0.4, -0.2) is 30.6 Å². The summed E-state index contributed by atoms with van der Waals surface area (Å²) in [4.78, 5) is 17.6. The fourth-order valence-corrected chi connectivity index (χ4v) is 3.11. The summed E-state index contributed by atoms with van der Waals surface area (Å²) in [7, 11) is 0. The van der Waals surface area contributed by atoms with Crippen LogP contribution in [0.4, 0.5) is 5.13 Å². The number of amides is 1. The number of nitrogens with zero attached hydrogens (tertiary/aromatic N) is 1. The SMILES string of the molecule is O=C(Nc1nc2c(s1)CNCC2)C1CCOC1. The van der Waals surface area contributed by atoms with E-state index in [2.05, 4.69) is 15.6 Å². The van der Waals surface area contributed by atoms with Crippen molar-refractivity contribution >= 4 is 22.4 Å². The van der Waals surface area contributed by atoms with Gasteiger partial charge in [-0.05, 0) is 6.42 Å². The van der Waals surface area contributed by atoms with Crippen molar-refractivity contribution in [2.24, 2.45) is 5.92 Å². The zero-order chi connectivity index (χ0) is 11.7. The van der Waals surface area contributed by atoms with Gasteiger partial charge >= 0.3 is 0 Å². The Morgan fingerprint density at radius 1 is 1.59 bits per heavy atom. The molecule has 0 radical (unpaired) electrons. The van der Waals surface area contributed by atoms with Gasteiger partial charge in [0, 0.05) is 31.0 Å². The zero-order valence-corrected chi connectivity index (χ0v) is 10.3. The second kappa shape index (κ2) is 4.72. The van der Waals surface area contributed by atoms with Crippen LogP contribution in [0.1, 0.15) is 17.0 Å². The number of anilines is 1. The van der Waals surface area contributed by atoms with E-state index in [1.54, 1.807) is 11.3 Å². The standard InChI is InChI=1S/C11H15N3O2S/c15-10(7-2-4-16-6-7)14-11-13-8-1-3-12-5-9(8)17-11/h7,12H,1-6H2,(H,13,14,15). The molecule has 0 spiro atoms. The Morgan fingerprint density at radius 3 is 3.29 bits per heavy atom. The van der Waals surface area contributed by atoms with Gasteiger partial charge in [-0.3, -0.25) is 4.79 Å². The first-order valence-corrected chi connectivity index (χ1v) is 6.72. The summed E-state index contributed by atoms with van der Waals surface area (Å²) in [5, 5.41) is 6.93. The van der Waals surface area contributed by atoms with Crippen molar-refractivity contribution in [1.29, 1.82) is 0 Å². The third kappa shape index (κ3) is 2.34. The Labute approximate surface area is 104 Å². The highest BCUT2D eigenvalue weighted by atomic mass is 32.1. The molecule has 0 bridgehead atoms. The maximum atomic E-state index is 11.9.